The third-order valence-corrected chi connectivity index (χ3v) is 4.36. The van der Waals surface area contributed by atoms with Gasteiger partial charge in [-0.3, -0.25) is 0 Å². The largest absolute Gasteiger partial charge is 0.488 e. The van der Waals surface area contributed by atoms with Crippen LogP contribution in [-0.2, 0) is 14.6 Å². The maximum atomic E-state index is 11.5. The molecule has 7 heteroatoms. The van der Waals surface area contributed by atoms with Crippen molar-refractivity contribution in [2.45, 2.75) is 17.9 Å². The highest BCUT2D eigenvalue weighted by molar-refractivity contribution is 7.90. The summed E-state index contributed by atoms with van der Waals surface area (Å²) in [6.07, 6.45) is 0.963. The Morgan fingerprint density at radius 3 is 2.28 bits per heavy atom. The van der Waals surface area contributed by atoms with Gasteiger partial charge in [0.2, 0.25) is 0 Å². The van der Waals surface area contributed by atoms with E-state index < -0.39 is 9.84 Å². The SMILES string of the molecule is COCC(C)Oc1cc(C#N)cc(Oc2ccc(S(C)(=O)=O)cc2)c1. The van der Waals surface area contributed by atoms with E-state index in [-0.39, 0.29) is 11.0 Å². The summed E-state index contributed by atoms with van der Waals surface area (Å²) in [7, 11) is -1.68. The second-order valence-electron chi connectivity index (χ2n) is 5.53. The van der Waals surface area contributed by atoms with E-state index in [4.69, 9.17) is 19.5 Å². The molecule has 0 radical (unpaired) electrons. The highest BCUT2D eigenvalue weighted by Gasteiger charge is 2.10. The fourth-order valence-electron chi connectivity index (χ4n) is 2.16. The van der Waals surface area contributed by atoms with E-state index >= 15 is 0 Å². The van der Waals surface area contributed by atoms with Crippen molar-refractivity contribution in [3.63, 3.8) is 0 Å². The summed E-state index contributed by atoms with van der Waals surface area (Å²) in [6.45, 7) is 2.27. The van der Waals surface area contributed by atoms with Gasteiger partial charge in [-0.15, -0.1) is 0 Å². The number of hydrogen-bond acceptors (Lipinski definition) is 6. The molecule has 25 heavy (non-hydrogen) atoms. The minimum absolute atomic E-state index is 0.180. The number of sulfone groups is 1. The predicted octanol–water partition coefficient (Wildman–Crippen LogP) is 3.17. The van der Waals surface area contributed by atoms with Crippen molar-refractivity contribution in [3.8, 4) is 23.3 Å². The van der Waals surface area contributed by atoms with Crippen LogP contribution in [0.2, 0.25) is 0 Å². The minimum Gasteiger partial charge on any atom is -0.488 e. The summed E-state index contributed by atoms with van der Waals surface area (Å²) in [5.74, 6) is 1.37. The maximum absolute atomic E-state index is 11.5. The lowest BCUT2D eigenvalue weighted by Gasteiger charge is -2.15. The second kappa shape index (κ2) is 8.01. The van der Waals surface area contributed by atoms with Crippen molar-refractivity contribution < 1.29 is 22.6 Å². The molecular weight excluding hydrogens is 342 g/mol. The molecule has 0 saturated heterocycles. The molecule has 0 saturated carbocycles. The van der Waals surface area contributed by atoms with Gasteiger partial charge in [0, 0.05) is 19.4 Å². The first-order valence-corrected chi connectivity index (χ1v) is 9.39. The predicted molar refractivity (Wildman–Crippen MR) is 92.7 cm³/mol. The Kier molecular flexibility index (Phi) is 6.02. The fourth-order valence-corrected chi connectivity index (χ4v) is 2.79. The van der Waals surface area contributed by atoms with E-state index in [2.05, 4.69) is 6.07 Å². The Bertz CT molecular complexity index is 869. The lowest BCUT2D eigenvalue weighted by molar-refractivity contribution is 0.0919. The van der Waals surface area contributed by atoms with Crippen molar-refractivity contribution in [1.29, 1.82) is 5.26 Å². The first kappa shape index (κ1) is 18.8. The monoisotopic (exact) mass is 361 g/mol. The number of rotatable bonds is 7. The molecule has 1 unspecified atom stereocenters. The van der Waals surface area contributed by atoms with E-state index in [1.165, 1.54) is 12.1 Å². The number of methoxy groups -OCH3 is 1. The van der Waals surface area contributed by atoms with Crippen LogP contribution < -0.4 is 9.47 Å². The van der Waals surface area contributed by atoms with Crippen LogP contribution in [0.3, 0.4) is 0 Å². The summed E-state index contributed by atoms with van der Waals surface area (Å²) < 4.78 is 39.4. The quantitative estimate of drug-likeness (QED) is 0.753. The van der Waals surface area contributed by atoms with Gasteiger partial charge >= 0.3 is 0 Å². The topological polar surface area (TPSA) is 85.6 Å². The Labute approximate surface area is 147 Å². The lowest BCUT2D eigenvalue weighted by Crippen LogP contribution is -2.17. The zero-order valence-corrected chi connectivity index (χ0v) is 15.0. The van der Waals surface area contributed by atoms with E-state index in [0.29, 0.717) is 29.4 Å². The van der Waals surface area contributed by atoms with E-state index in [1.807, 2.05) is 6.92 Å². The normalized spacial score (nSPS) is 12.2. The van der Waals surface area contributed by atoms with Gasteiger partial charge in [0.25, 0.3) is 0 Å². The third-order valence-electron chi connectivity index (χ3n) is 3.24. The lowest BCUT2D eigenvalue weighted by atomic mass is 10.2. The van der Waals surface area contributed by atoms with Crippen LogP contribution in [0.25, 0.3) is 0 Å². The Morgan fingerprint density at radius 1 is 1.08 bits per heavy atom. The van der Waals surface area contributed by atoms with Gasteiger partial charge in [-0.2, -0.15) is 5.26 Å². The summed E-state index contributed by atoms with van der Waals surface area (Å²) >= 11 is 0. The zero-order chi connectivity index (χ0) is 18.4. The van der Waals surface area contributed by atoms with Gasteiger partial charge in [-0.1, -0.05) is 0 Å². The molecule has 0 fully saturated rings. The number of nitriles is 1. The number of benzene rings is 2. The molecule has 0 amide bonds. The van der Waals surface area contributed by atoms with Crippen LogP contribution in [0.5, 0.6) is 17.2 Å². The van der Waals surface area contributed by atoms with Crippen molar-refractivity contribution in [2.75, 3.05) is 20.0 Å². The summed E-state index contributed by atoms with van der Waals surface area (Å²) in [5, 5.41) is 9.16. The molecule has 0 N–H and O–H groups in total. The molecule has 6 nitrogen and oxygen atoms in total. The Balaban J connectivity index is 2.22. The van der Waals surface area contributed by atoms with Crippen LogP contribution in [0.15, 0.2) is 47.4 Å². The summed E-state index contributed by atoms with van der Waals surface area (Å²) in [4.78, 5) is 0.211. The first-order chi connectivity index (χ1) is 11.8. The van der Waals surface area contributed by atoms with Crippen LogP contribution in [0.4, 0.5) is 0 Å². The molecule has 0 spiro atoms. The summed E-state index contributed by atoms with van der Waals surface area (Å²) in [6, 6.07) is 13.0. The van der Waals surface area contributed by atoms with Gasteiger partial charge in [0.15, 0.2) is 9.84 Å². The second-order valence-corrected chi connectivity index (χ2v) is 7.55. The van der Waals surface area contributed by atoms with E-state index in [0.717, 1.165) is 6.26 Å². The Hall–Kier alpha value is -2.56. The van der Waals surface area contributed by atoms with E-state index in [9.17, 15) is 8.42 Å². The molecule has 2 aromatic rings. The Morgan fingerprint density at radius 2 is 1.72 bits per heavy atom. The van der Waals surface area contributed by atoms with Gasteiger partial charge in [0.1, 0.15) is 23.4 Å². The van der Waals surface area contributed by atoms with Crippen LogP contribution in [0.1, 0.15) is 12.5 Å². The van der Waals surface area contributed by atoms with Gasteiger partial charge in [-0.25, -0.2) is 8.42 Å². The van der Waals surface area contributed by atoms with Gasteiger partial charge < -0.3 is 14.2 Å². The summed E-state index contributed by atoms with van der Waals surface area (Å²) in [5.41, 5.74) is 0.393. The number of ether oxygens (including phenoxy) is 3. The maximum Gasteiger partial charge on any atom is 0.175 e. The van der Waals surface area contributed by atoms with E-state index in [1.54, 1.807) is 37.4 Å². The van der Waals surface area contributed by atoms with Crippen molar-refractivity contribution in [2.24, 2.45) is 0 Å². The average Bonchev–Trinajstić information content (AvgIpc) is 2.54. The average molecular weight is 361 g/mol. The molecule has 0 heterocycles. The minimum atomic E-state index is -3.26. The molecule has 0 aliphatic rings. The third kappa shape index (κ3) is 5.48. The van der Waals surface area contributed by atoms with Gasteiger partial charge in [0.05, 0.1) is 23.1 Å². The van der Waals surface area contributed by atoms with Crippen molar-refractivity contribution >= 4 is 9.84 Å². The standard InChI is InChI=1S/C18H19NO5S/c1-13(12-22-2)23-16-8-14(11-19)9-17(10-16)24-15-4-6-18(7-5-15)25(3,20)21/h4-10,13H,12H2,1-3H3. The highest BCUT2D eigenvalue weighted by Crippen LogP contribution is 2.28. The number of nitrogens with zero attached hydrogens (tertiary/aromatic N) is 1. The molecule has 0 aromatic heterocycles. The molecular formula is C18H19NO5S. The number of hydrogen-bond donors (Lipinski definition) is 0. The zero-order valence-electron chi connectivity index (χ0n) is 14.2. The van der Waals surface area contributed by atoms with Crippen molar-refractivity contribution in [1.82, 2.24) is 0 Å². The van der Waals surface area contributed by atoms with Gasteiger partial charge in [-0.05, 0) is 43.3 Å². The molecule has 0 aliphatic carbocycles. The van der Waals surface area contributed by atoms with Crippen molar-refractivity contribution in [3.05, 3.63) is 48.0 Å². The smallest absolute Gasteiger partial charge is 0.175 e. The molecule has 2 rings (SSSR count). The molecule has 132 valence electrons. The molecule has 0 bridgehead atoms. The highest BCUT2D eigenvalue weighted by atomic mass is 32.2. The van der Waals surface area contributed by atoms with Crippen LogP contribution >= 0.6 is 0 Å². The van der Waals surface area contributed by atoms with Crippen LogP contribution in [0, 0.1) is 11.3 Å². The van der Waals surface area contributed by atoms with Crippen LogP contribution in [-0.4, -0.2) is 34.5 Å². The molecule has 2 aromatic carbocycles. The molecule has 0 aliphatic heterocycles. The molecule has 1 atom stereocenters. The first-order valence-electron chi connectivity index (χ1n) is 7.50. The fraction of sp³-hybridized carbons (Fsp3) is 0.278.